The van der Waals surface area contributed by atoms with Crippen LogP contribution >= 0.6 is 11.8 Å². The average molecular weight is 483 g/mol. The molecule has 0 unspecified atom stereocenters. The number of carbonyl (C=O) groups is 3. The molecule has 3 aromatic carbocycles. The van der Waals surface area contributed by atoms with Gasteiger partial charge in [-0.3, -0.25) is 24.2 Å². The van der Waals surface area contributed by atoms with Crippen molar-refractivity contribution in [2.75, 3.05) is 4.90 Å². The molecule has 5 nitrogen and oxygen atoms in total. The first kappa shape index (κ1) is 22.1. The number of benzene rings is 3. The van der Waals surface area contributed by atoms with E-state index in [0.717, 1.165) is 52.4 Å². The highest BCUT2D eigenvalue weighted by molar-refractivity contribution is 7.99. The Hall–Kier alpha value is -3.38. The van der Waals surface area contributed by atoms with Crippen molar-refractivity contribution in [2.24, 2.45) is 11.8 Å². The summed E-state index contributed by atoms with van der Waals surface area (Å²) in [6.07, 6.45) is 3.66. The Morgan fingerprint density at radius 3 is 1.86 bits per heavy atom. The Morgan fingerprint density at radius 1 is 0.771 bits per heavy atom. The molecule has 6 rings (SSSR count). The largest absolute Gasteiger partial charge is 0.277 e. The van der Waals surface area contributed by atoms with Crippen LogP contribution in [-0.4, -0.2) is 28.7 Å². The van der Waals surface area contributed by atoms with Gasteiger partial charge in [0.1, 0.15) is 6.04 Å². The van der Waals surface area contributed by atoms with Crippen molar-refractivity contribution in [3.8, 4) is 0 Å². The lowest BCUT2D eigenvalue weighted by molar-refractivity contribution is -0.147. The molecule has 6 heteroatoms. The molecule has 0 aromatic heterocycles. The quantitative estimate of drug-likeness (QED) is 0.454. The third kappa shape index (κ3) is 3.76. The molecule has 2 aliphatic heterocycles. The van der Waals surface area contributed by atoms with Crippen molar-refractivity contribution in [3.63, 3.8) is 0 Å². The number of anilines is 2. The number of amides is 3. The Balaban J connectivity index is 1.45. The molecule has 176 valence electrons. The third-order valence-corrected chi connectivity index (χ3v) is 8.53. The van der Waals surface area contributed by atoms with Gasteiger partial charge < -0.3 is 0 Å². The van der Waals surface area contributed by atoms with Gasteiger partial charge in [-0.1, -0.05) is 79.2 Å². The molecule has 1 saturated heterocycles. The monoisotopic (exact) mass is 482 g/mol. The van der Waals surface area contributed by atoms with Gasteiger partial charge in [-0.25, -0.2) is 0 Å². The summed E-state index contributed by atoms with van der Waals surface area (Å²) in [4.78, 5) is 46.7. The van der Waals surface area contributed by atoms with Crippen LogP contribution in [0, 0.1) is 11.8 Å². The topological polar surface area (TPSA) is 57.7 Å². The highest BCUT2D eigenvalue weighted by atomic mass is 32.2. The van der Waals surface area contributed by atoms with Gasteiger partial charge in [0.2, 0.25) is 11.8 Å². The van der Waals surface area contributed by atoms with Crippen molar-refractivity contribution >= 4 is 40.9 Å². The summed E-state index contributed by atoms with van der Waals surface area (Å²) in [5.41, 5.74) is 2.50. The van der Waals surface area contributed by atoms with E-state index >= 15 is 0 Å². The highest BCUT2D eigenvalue weighted by Crippen LogP contribution is 2.49. The molecule has 2 heterocycles. The zero-order valence-electron chi connectivity index (χ0n) is 19.3. The first-order valence-electron chi connectivity index (χ1n) is 12.2. The molecule has 0 bridgehead atoms. The van der Waals surface area contributed by atoms with Crippen LogP contribution in [-0.2, 0) is 20.8 Å². The maximum absolute atomic E-state index is 14.5. The normalized spacial score (nSPS) is 21.8. The van der Waals surface area contributed by atoms with Crippen molar-refractivity contribution < 1.29 is 14.4 Å². The van der Waals surface area contributed by atoms with Crippen molar-refractivity contribution in [1.29, 1.82) is 0 Å². The number of fused-ring (bicyclic) bond motifs is 3. The van der Waals surface area contributed by atoms with Crippen molar-refractivity contribution in [2.45, 2.75) is 47.9 Å². The van der Waals surface area contributed by atoms with Gasteiger partial charge in [-0.2, -0.15) is 0 Å². The Bertz CT molecular complexity index is 1240. The maximum atomic E-state index is 14.5. The summed E-state index contributed by atoms with van der Waals surface area (Å²) >= 11 is 1.63. The first-order valence-corrected chi connectivity index (χ1v) is 13.1. The SMILES string of the molecule is O=C([C@@H](Cc1ccccc1)N1C(=O)[C@@H]2CCCC[C@H]2C1=O)N1c2ccccc2Sc2ccccc21. The third-order valence-electron chi connectivity index (χ3n) is 7.40. The number of carbonyl (C=O) groups excluding carboxylic acids is 3. The van der Waals surface area contributed by atoms with Crippen LogP contribution < -0.4 is 4.90 Å². The molecule has 0 radical (unpaired) electrons. The number of para-hydroxylation sites is 2. The summed E-state index contributed by atoms with van der Waals surface area (Å²) in [6.45, 7) is 0. The number of hydrogen-bond donors (Lipinski definition) is 0. The molecule has 3 atom stereocenters. The van der Waals surface area contributed by atoms with Crippen LogP contribution in [0.15, 0.2) is 88.7 Å². The molecule has 0 N–H and O–H groups in total. The highest BCUT2D eigenvalue weighted by Gasteiger charge is 2.52. The van der Waals surface area contributed by atoms with Crippen molar-refractivity contribution in [1.82, 2.24) is 4.90 Å². The van der Waals surface area contributed by atoms with Crippen LogP contribution in [0.1, 0.15) is 31.2 Å². The van der Waals surface area contributed by atoms with E-state index in [1.165, 1.54) is 4.90 Å². The smallest absolute Gasteiger partial charge is 0.255 e. The zero-order chi connectivity index (χ0) is 23.9. The molecule has 3 aliphatic rings. The summed E-state index contributed by atoms with van der Waals surface area (Å²) in [7, 11) is 0. The standard InChI is InChI=1S/C29H26N2O3S/c32-27-20-12-4-5-13-21(20)28(33)31(27)24(18-19-10-2-1-3-11-19)29(34)30-22-14-6-8-16-25(22)35-26-17-9-7-15-23(26)30/h1-3,6-11,14-17,20-21,24H,4-5,12-13,18H2/t20-,21-,24-/m1/s1. The first-order chi connectivity index (χ1) is 17.1. The van der Waals surface area contributed by atoms with E-state index in [1.54, 1.807) is 16.7 Å². The lowest BCUT2D eigenvalue weighted by Gasteiger charge is -2.36. The lowest BCUT2D eigenvalue weighted by Crippen LogP contribution is -2.52. The fourth-order valence-corrected chi connectivity index (χ4v) is 6.77. The van der Waals surface area contributed by atoms with Gasteiger partial charge in [-0.05, 0) is 42.7 Å². The number of likely N-dealkylation sites (tertiary alicyclic amines) is 1. The molecular formula is C29H26N2O3S. The van der Waals surface area contributed by atoms with Crippen LogP contribution in [0.5, 0.6) is 0 Å². The number of hydrogen-bond acceptors (Lipinski definition) is 4. The molecule has 2 fully saturated rings. The second-order valence-electron chi connectivity index (χ2n) is 9.46. The van der Waals surface area contributed by atoms with Gasteiger partial charge in [0.25, 0.3) is 5.91 Å². The number of rotatable bonds is 4. The molecule has 3 aromatic rings. The van der Waals surface area contributed by atoms with E-state index in [-0.39, 0.29) is 29.6 Å². The van der Waals surface area contributed by atoms with Crippen LogP contribution in [0.3, 0.4) is 0 Å². The predicted octanol–water partition coefficient (Wildman–Crippen LogP) is 5.60. The zero-order valence-corrected chi connectivity index (χ0v) is 20.1. The van der Waals surface area contributed by atoms with E-state index in [0.29, 0.717) is 6.42 Å². The maximum Gasteiger partial charge on any atom is 0.255 e. The molecule has 1 aliphatic carbocycles. The second-order valence-corrected chi connectivity index (χ2v) is 10.5. The van der Waals surface area contributed by atoms with Gasteiger partial charge in [0.15, 0.2) is 0 Å². The minimum absolute atomic E-state index is 0.179. The fraction of sp³-hybridized carbons (Fsp3) is 0.276. The van der Waals surface area contributed by atoms with Crippen molar-refractivity contribution in [3.05, 3.63) is 84.4 Å². The Labute approximate surface area is 209 Å². The summed E-state index contributed by atoms with van der Waals surface area (Å²) in [5.74, 6) is -1.18. The average Bonchev–Trinajstić information content (AvgIpc) is 3.15. The number of imide groups is 1. The predicted molar refractivity (Wildman–Crippen MR) is 135 cm³/mol. The van der Waals surface area contributed by atoms with Crippen LogP contribution in [0.25, 0.3) is 0 Å². The van der Waals surface area contributed by atoms with Gasteiger partial charge in [-0.15, -0.1) is 0 Å². The van der Waals surface area contributed by atoms with Gasteiger partial charge in [0, 0.05) is 16.2 Å². The Kier molecular flexibility index (Phi) is 5.69. The number of nitrogens with zero attached hydrogens (tertiary/aromatic N) is 2. The summed E-state index contributed by atoms with van der Waals surface area (Å²) in [6, 6.07) is 24.4. The fourth-order valence-electron chi connectivity index (χ4n) is 5.71. The molecular weight excluding hydrogens is 456 g/mol. The van der Waals surface area contributed by atoms with Crippen LogP contribution in [0.2, 0.25) is 0 Å². The van der Waals surface area contributed by atoms with Crippen LogP contribution in [0.4, 0.5) is 11.4 Å². The van der Waals surface area contributed by atoms with Gasteiger partial charge in [0.05, 0.1) is 23.2 Å². The van der Waals surface area contributed by atoms with E-state index in [1.807, 2.05) is 78.9 Å². The molecule has 1 saturated carbocycles. The van der Waals surface area contributed by atoms with E-state index in [9.17, 15) is 14.4 Å². The van der Waals surface area contributed by atoms with E-state index < -0.39 is 6.04 Å². The molecule has 3 amide bonds. The summed E-state index contributed by atoms with van der Waals surface area (Å²) in [5, 5.41) is 0. The van der Waals surface area contributed by atoms with E-state index in [4.69, 9.17) is 0 Å². The lowest BCUT2D eigenvalue weighted by atomic mass is 9.81. The van der Waals surface area contributed by atoms with Gasteiger partial charge >= 0.3 is 0 Å². The van der Waals surface area contributed by atoms with E-state index in [2.05, 4.69) is 0 Å². The summed E-state index contributed by atoms with van der Waals surface area (Å²) < 4.78 is 0. The minimum atomic E-state index is -0.896. The molecule has 35 heavy (non-hydrogen) atoms. The second kappa shape index (κ2) is 9.00. The molecule has 0 spiro atoms. The minimum Gasteiger partial charge on any atom is -0.277 e. The Morgan fingerprint density at radius 2 is 1.29 bits per heavy atom.